The van der Waals surface area contributed by atoms with E-state index in [-0.39, 0.29) is 12.1 Å². The lowest BCUT2D eigenvalue weighted by Gasteiger charge is -2.31. The predicted octanol–water partition coefficient (Wildman–Crippen LogP) is 4.17. The maximum Gasteiger partial charge on any atom is 0.409 e. The van der Waals surface area contributed by atoms with Crippen LogP contribution in [0.4, 0.5) is 10.6 Å². The molecule has 2 aromatic heterocycles. The van der Waals surface area contributed by atoms with Gasteiger partial charge in [0, 0.05) is 37.1 Å². The third-order valence-electron chi connectivity index (χ3n) is 5.16. The minimum absolute atomic E-state index is 0.227. The monoisotopic (exact) mass is 391 g/mol. The SMILES string of the molecule is CCOC(=O)N1CCC(Nc2n[nH]c(-c3ccccc3)c2-c2ccncc2)CC1. The predicted molar refractivity (Wildman–Crippen MR) is 112 cm³/mol. The normalized spacial score (nSPS) is 14.6. The number of carbonyl (C=O) groups is 1. The number of aromatic amines is 1. The van der Waals surface area contributed by atoms with E-state index in [2.05, 4.69) is 32.6 Å². The lowest BCUT2D eigenvalue weighted by atomic mass is 10.0. The van der Waals surface area contributed by atoms with E-state index in [0.717, 1.165) is 41.0 Å². The molecule has 29 heavy (non-hydrogen) atoms. The summed E-state index contributed by atoms with van der Waals surface area (Å²) in [7, 11) is 0. The number of amides is 1. The van der Waals surface area contributed by atoms with Crippen LogP contribution in [0, 0.1) is 0 Å². The van der Waals surface area contributed by atoms with E-state index in [9.17, 15) is 4.79 Å². The summed E-state index contributed by atoms with van der Waals surface area (Å²) >= 11 is 0. The molecule has 0 atom stereocenters. The second-order valence-electron chi connectivity index (χ2n) is 7.03. The van der Waals surface area contributed by atoms with Crippen molar-refractivity contribution in [3.05, 3.63) is 54.9 Å². The standard InChI is InChI=1S/C22H25N5O2/c1-2-29-22(28)27-14-10-18(11-15-27)24-21-19(16-8-12-23-13-9-16)20(25-26-21)17-6-4-3-5-7-17/h3-9,12-13,18H,2,10-11,14-15H2,1H3,(H2,24,25,26). The molecule has 1 aliphatic rings. The highest BCUT2D eigenvalue weighted by atomic mass is 16.6. The number of ether oxygens (including phenoxy) is 1. The van der Waals surface area contributed by atoms with Crippen molar-refractivity contribution < 1.29 is 9.53 Å². The fourth-order valence-electron chi connectivity index (χ4n) is 3.67. The maximum absolute atomic E-state index is 11.9. The van der Waals surface area contributed by atoms with Crippen LogP contribution >= 0.6 is 0 Å². The highest BCUT2D eigenvalue weighted by Gasteiger charge is 2.25. The molecule has 0 radical (unpaired) electrons. The Balaban J connectivity index is 1.56. The molecule has 1 aliphatic heterocycles. The summed E-state index contributed by atoms with van der Waals surface area (Å²) < 4.78 is 5.11. The number of hydrogen-bond acceptors (Lipinski definition) is 5. The molecule has 0 bridgehead atoms. The van der Waals surface area contributed by atoms with Gasteiger partial charge in [-0.3, -0.25) is 10.1 Å². The summed E-state index contributed by atoms with van der Waals surface area (Å²) in [5.74, 6) is 0.824. The van der Waals surface area contributed by atoms with Crippen LogP contribution in [0.1, 0.15) is 19.8 Å². The van der Waals surface area contributed by atoms with Gasteiger partial charge in [-0.1, -0.05) is 30.3 Å². The van der Waals surface area contributed by atoms with Crippen molar-refractivity contribution in [3.63, 3.8) is 0 Å². The fourth-order valence-corrected chi connectivity index (χ4v) is 3.67. The van der Waals surface area contributed by atoms with Crippen LogP contribution in [0.3, 0.4) is 0 Å². The van der Waals surface area contributed by atoms with Crippen molar-refractivity contribution in [1.82, 2.24) is 20.1 Å². The number of rotatable bonds is 5. The first-order chi connectivity index (χ1) is 14.3. The number of aromatic nitrogens is 3. The van der Waals surface area contributed by atoms with Crippen LogP contribution in [0.2, 0.25) is 0 Å². The Hall–Kier alpha value is -3.35. The van der Waals surface area contributed by atoms with E-state index in [4.69, 9.17) is 4.74 Å². The van der Waals surface area contributed by atoms with Crippen LogP contribution in [0.5, 0.6) is 0 Å². The van der Waals surface area contributed by atoms with Gasteiger partial charge in [-0.2, -0.15) is 5.10 Å². The lowest BCUT2D eigenvalue weighted by molar-refractivity contribution is 0.0983. The molecule has 4 rings (SSSR count). The van der Waals surface area contributed by atoms with Crippen LogP contribution in [0.15, 0.2) is 54.9 Å². The molecule has 3 heterocycles. The Kier molecular flexibility index (Phi) is 5.74. The highest BCUT2D eigenvalue weighted by molar-refractivity contribution is 5.88. The quantitative estimate of drug-likeness (QED) is 0.682. The molecular weight excluding hydrogens is 366 g/mol. The second kappa shape index (κ2) is 8.77. The van der Waals surface area contributed by atoms with Crippen molar-refractivity contribution in [2.45, 2.75) is 25.8 Å². The summed E-state index contributed by atoms with van der Waals surface area (Å²) in [6, 6.07) is 14.4. The minimum atomic E-state index is -0.227. The lowest BCUT2D eigenvalue weighted by Crippen LogP contribution is -2.42. The highest BCUT2D eigenvalue weighted by Crippen LogP contribution is 2.36. The van der Waals surface area contributed by atoms with Crippen LogP contribution in [0.25, 0.3) is 22.4 Å². The Morgan fingerprint density at radius 1 is 1.14 bits per heavy atom. The summed E-state index contributed by atoms with van der Waals surface area (Å²) in [5, 5.41) is 11.4. The smallest absolute Gasteiger partial charge is 0.409 e. The van der Waals surface area contributed by atoms with E-state index < -0.39 is 0 Å². The third-order valence-corrected chi connectivity index (χ3v) is 5.16. The van der Waals surface area contributed by atoms with Gasteiger partial charge in [0.05, 0.1) is 17.9 Å². The summed E-state index contributed by atoms with van der Waals surface area (Å²) in [6.45, 7) is 3.59. The van der Waals surface area contributed by atoms with Gasteiger partial charge in [0.25, 0.3) is 0 Å². The Morgan fingerprint density at radius 2 is 1.86 bits per heavy atom. The van der Waals surface area contributed by atoms with Gasteiger partial charge in [0.2, 0.25) is 0 Å². The average Bonchev–Trinajstić information content (AvgIpc) is 3.19. The number of anilines is 1. The number of benzene rings is 1. The van der Waals surface area contributed by atoms with Gasteiger partial charge < -0.3 is 15.0 Å². The van der Waals surface area contributed by atoms with Crippen LogP contribution in [-0.2, 0) is 4.74 Å². The number of H-pyrrole nitrogens is 1. The topological polar surface area (TPSA) is 83.1 Å². The van der Waals surface area contributed by atoms with Crippen molar-refractivity contribution in [2.75, 3.05) is 25.0 Å². The Labute approximate surface area is 170 Å². The number of carbonyl (C=O) groups excluding carboxylic acids is 1. The maximum atomic E-state index is 11.9. The Morgan fingerprint density at radius 3 is 2.55 bits per heavy atom. The summed E-state index contributed by atoms with van der Waals surface area (Å²) in [6.07, 6.45) is 5.05. The second-order valence-corrected chi connectivity index (χ2v) is 7.03. The van der Waals surface area contributed by atoms with Gasteiger partial charge in [-0.05, 0) is 37.5 Å². The molecule has 0 aliphatic carbocycles. The molecule has 3 aromatic rings. The zero-order valence-corrected chi connectivity index (χ0v) is 16.5. The van der Waals surface area contributed by atoms with E-state index >= 15 is 0 Å². The van der Waals surface area contributed by atoms with Crippen LogP contribution < -0.4 is 5.32 Å². The molecule has 0 unspecified atom stereocenters. The third kappa shape index (κ3) is 4.23. The fraction of sp³-hybridized carbons (Fsp3) is 0.318. The number of hydrogen-bond donors (Lipinski definition) is 2. The molecule has 2 N–H and O–H groups in total. The summed E-state index contributed by atoms with van der Waals surface area (Å²) in [4.78, 5) is 17.8. The molecule has 1 amide bonds. The van der Waals surface area contributed by atoms with E-state index in [0.29, 0.717) is 19.7 Å². The number of piperidine rings is 1. The molecule has 7 nitrogen and oxygen atoms in total. The molecule has 1 aromatic carbocycles. The molecule has 150 valence electrons. The van der Waals surface area contributed by atoms with Gasteiger partial charge in [-0.15, -0.1) is 0 Å². The summed E-state index contributed by atoms with van der Waals surface area (Å²) in [5.41, 5.74) is 4.14. The number of likely N-dealkylation sites (tertiary alicyclic amines) is 1. The van der Waals surface area contributed by atoms with Crippen molar-refractivity contribution in [2.24, 2.45) is 0 Å². The van der Waals surface area contributed by atoms with E-state index in [1.807, 2.05) is 37.3 Å². The molecule has 1 saturated heterocycles. The number of pyridine rings is 1. The van der Waals surface area contributed by atoms with Gasteiger partial charge in [-0.25, -0.2) is 4.79 Å². The van der Waals surface area contributed by atoms with Gasteiger partial charge in [0.1, 0.15) is 0 Å². The van der Waals surface area contributed by atoms with Gasteiger partial charge >= 0.3 is 6.09 Å². The van der Waals surface area contributed by atoms with E-state index in [1.54, 1.807) is 17.3 Å². The zero-order chi connectivity index (χ0) is 20.1. The number of nitrogens with zero attached hydrogens (tertiary/aromatic N) is 3. The minimum Gasteiger partial charge on any atom is -0.450 e. The van der Waals surface area contributed by atoms with Gasteiger partial charge in [0.15, 0.2) is 5.82 Å². The largest absolute Gasteiger partial charge is 0.450 e. The molecule has 7 heteroatoms. The molecule has 0 spiro atoms. The first-order valence-electron chi connectivity index (χ1n) is 9.98. The zero-order valence-electron chi connectivity index (χ0n) is 16.5. The van der Waals surface area contributed by atoms with E-state index in [1.165, 1.54) is 0 Å². The van der Waals surface area contributed by atoms with Crippen molar-refractivity contribution in [3.8, 4) is 22.4 Å². The van der Waals surface area contributed by atoms with Crippen LogP contribution in [-0.4, -0.2) is 51.9 Å². The van der Waals surface area contributed by atoms with Crippen molar-refractivity contribution >= 4 is 11.9 Å². The Bertz CT molecular complexity index is 934. The molecule has 1 fully saturated rings. The van der Waals surface area contributed by atoms with Crippen molar-refractivity contribution in [1.29, 1.82) is 0 Å². The first-order valence-corrected chi connectivity index (χ1v) is 9.98. The first kappa shape index (κ1) is 19.0. The average molecular weight is 391 g/mol. The number of nitrogens with one attached hydrogen (secondary N) is 2. The molecular formula is C22H25N5O2. The molecule has 0 saturated carbocycles.